The molecule has 0 saturated carbocycles. The quantitative estimate of drug-likeness (QED) is 0.448. The van der Waals surface area contributed by atoms with E-state index in [0.717, 1.165) is 28.6 Å². The maximum absolute atomic E-state index is 13.0. The molecule has 3 aromatic rings. The molecule has 0 N–H and O–H groups in total. The molecule has 1 aliphatic rings. The lowest BCUT2D eigenvalue weighted by Gasteiger charge is -2.15. The van der Waals surface area contributed by atoms with E-state index < -0.39 is 15.9 Å². The molecule has 0 unspecified atom stereocenters. The van der Waals surface area contributed by atoms with E-state index in [1.165, 1.54) is 39.9 Å². The maximum Gasteiger partial charge on any atom is 0.279 e. The van der Waals surface area contributed by atoms with Gasteiger partial charge in [-0.2, -0.15) is 9.30 Å². The van der Waals surface area contributed by atoms with Gasteiger partial charge in [0.2, 0.25) is 10.0 Å². The number of aryl methyl sites for hydroxylation is 1. The zero-order valence-electron chi connectivity index (χ0n) is 18.6. The van der Waals surface area contributed by atoms with Gasteiger partial charge in [0.1, 0.15) is 0 Å². The van der Waals surface area contributed by atoms with E-state index >= 15 is 0 Å². The van der Waals surface area contributed by atoms with Crippen molar-refractivity contribution in [2.75, 3.05) is 26.3 Å². The molecule has 0 atom stereocenters. The summed E-state index contributed by atoms with van der Waals surface area (Å²) in [5, 5.41) is 0.651. The topological polar surface area (TPSA) is 81.0 Å². The van der Waals surface area contributed by atoms with Crippen LogP contribution in [0.5, 0.6) is 0 Å². The summed E-state index contributed by atoms with van der Waals surface area (Å²) in [5.74, 6) is -0.430. The predicted octanol–water partition coefficient (Wildman–Crippen LogP) is 4.23. The van der Waals surface area contributed by atoms with Crippen molar-refractivity contribution in [2.45, 2.75) is 38.1 Å². The predicted molar refractivity (Wildman–Crippen MR) is 130 cm³/mol. The van der Waals surface area contributed by atoms with Crippen molar-refractivity contribution >= 4 is 49.1 Å². The maximum atomic E-state index is 13.0. The second-order valence-electron chi connectivity index (χ2n) is 7.80. The second kappa shape index (κ2) is 10.1. The first-order valence-electron chi connectivity index (χ1n) is 10.9. The van der Waals surface area contributed by atoms with Crippen LogP contribution in [-0.2, 0) is 21.3 Å². The first-order chi connectivity index (χ1) is 15.8. The molecule has 2 aromatic carbocycles. The third kappa shape index (κ3) is 4.93. The third-order valence-corrected chi connectivity index (χ3v) is 9.06. The highest BCUT2D eigenvalue weighted by atomic mass is 35.5. The fourth-order valence-corrected chi connectivity index (χ4v) is 6.69. The minimum Gasteiger partial charge on any atom is -0.380 e. The Morgan fingerprint density at radius 1 is 1.15 bits per heavy atom. The van der Waals surface area contributed by atoms with E-state index in [4.69, 9.17) is 16.3 Å². The fourth-order valence-electron chi connectivity index (χ4n) is 3.91. The molecule has 0 spiro atoms. The van der Waals surface area contributed by atoms with Gasteiger partial charge in [0.25, 0.3) is 5.91 Å². The molecule has 33 heavy (non-hydrogen) atoms. The van der Waals surface area contributed by atoms with Crippen LogP contribution in [0.25, 0.3) is 10.2 Å². The van der Waals surface area contributed by atoms with E-state index in [1.807, 2.05) is 30.5 Å². The first-order valence-corrected chi connectivity index (χ1v) is 13.5. The second-order valence-corrected chi connectivity index (χ2v) is 11.2. The molecule has 0 radical (unpaired) electrons. The summed E-state index contributed by atoms with van der Waals surface area (Å²) in [6.07, 6.45) is 1.75. The smallest absolute Gasteiger partial charge is 0.279 e. The van der Waals surface area contributed by atoms with Crippen LogP contribution in [-0.4, -0.2) is 49.5 Å². The number of amides is 1. The number of carbonyl (C=O) groups excluding carboxylic acids is 1. The number of sulfonamides is 1. The van der Waals surface area contributed by atoms with Gasteiger partial charge >= 0.3 is 0 Å². The molecule has 0 aliphatic carbocycles. The number of thiazole rings is 1. The van der Waals surface area contributed by atoms with Gasteiger partial charge < -0.3 is 9.30 Å². The zero-order valence-corrected chi connectivity index (χ0v) is 21.0. The van der Waals surface area contributed by atoms with Crippen LogP contribution in [0.3, 0.4) is 0 Å². The average Bonchev–Trinajstić information content (AvgIpc) is 3.46. The van der Waals surface area contributed by atoms with Gasteiger partial charge in [-0.1, -0.05) is 22.9 Å². The number of rotatable bonds is 7. The molecular weight excluding hydrogens is 482 g/mol. The van der Waals surface area contributed by atoms with Gasteiger partial charge in [0, 0.05) is 36.8 Å². The standard InChI is InChI=1S/C23H26ClN3O4S2/c1-3-31-15-14-27-21-16(2)19(24)10-11-20(21)32-23(27)25-22(28)17-6-8-18(9-7-17)33(29,30)26-12-4-5-13-26/h6-11H,3-5,12-15H2,1-2H3. The zero-order chi connectivity index (χ0) is 23.6. The minimum atomic E-state index is -3.52. The van der Waals surface area contributed by atoms with Crippen molar-refractivity contribution < 1.29 is 17.9 Å². The van der Waals surface area contributed by atoms with Crippen molar-refractivity contribution in [1.29, 1.82) is 0 Å². The van der Waals surface area contributed by atoms with Gasteiger partial charge in [-0.15, -0.1) is 0 Å². The molecule has 1 aliphatic heterocycles. The summed E-state index contributed by atoms with van der Waals surface area (Å²) in [7, 11) is -3.52. The molecule has 1 fully saturated rings. The highest BCUT2D eigenvalue weighted by Gasteiger charge is 2.27. The Morgan fingerprint density at radius 2 is 1.85 bits per heavy atom. The van der Waals surface area contributed by atoms with Crippen LogP contribution in [0, 0.1) is 6.92 Å². The Kier molecular flexibility index (Phi) is 7.35. The SMILES string of the molecule is CCOCCn1c(=NC(=O)c2ccc(S(=O)(=O)N3CCCC3)cc2)sc2ccc(Cl)c(C)c21. The van der Waals surface area contributed by atoms with Gasteiger partial charge in [0.05, 0.1) is 21.7 Å². The fraction of sp³-hybridized carbons (Fsp3) is 0.391. The van der Waals surface area contributed by atoms with Gasteiger partial charge in [0.15, 0.2) is 4.80 Å². The lowest BCUT2D eigenvalue weighted by molar-refractivity contribution is 0.0996. The highest BCUT2D eigenvalue weighted by molar-refractivity contribution is 7.89. The van der Waals surface area contributed by atoms with Crippen LogP contribution >= 0.6 is 22.9 Å². The number of nitrogens with zero attached hydrogens (tertiary/aromatic N) is 3. The van der Waals surface area contributed by atoms with E-state index in [9.17, 15) is 13.2 Å². The molecule has 1 amide bonds. The van der Waals surface area contributed by atoms with E-state index in [2.05, 4.69) is 4.99 Å². The van der Waals surface area contributed by atoms with Crippen molar-refractivity contribution in [3.05, 3.63) is 57.3 Å². The van der Waals surface area contributed by atoms with E-state index in [1.54, 1.807) is 0 Å². The lowest BCUT2D eigenvalue weighted by Crippen LogP contribution is -2.27. The van der Waals surface area contributed by atoms with Gasteiger partial charge in [-0.3, -0.25) is 4.79 Å². The minimum absolute atomic E-state index is 0.194. The van der Waals surface area contributed by atoms with Crippen molar-refractivity contribution in [1.82, 2.24) is 8.87 Å². The Hall–Kier alpha value is -2.04. The number of benzene rings is 2. The molecule has 2 heterocycles. The van der Waals surface area contributed by atoms with Crippen LogP contribution in [0.2, 0.25) is 5.02 Å². The number of hydrogen-bond donors (Lipinski definition) is 0. The number of ether oxygens (including phenoxy) is 1. The number of hydrogen-bond acceptors (Lipinski definition) is 5. The summed E-state index contributed by atoms with van der Waals surface area (Å²) in [4.78, 5) is 18.1. The normalized spacial score (nSPS) is 15.5. The number of halogens is 1. The van der Waals surface area contributed by atoms with Crippen molar-refractivity contribution in [2.24, 2.45) is 4.99 Å². The Labute approximate surface area is 202 Å². The molecule has 0 bridgehead atoms. The monoisotopic (exact) mass is 507 g/mol. The summed E-state index contributed by atoms with van der Waals surface area (Å²) in [6, 6.07) is 9.77. The molecule has 1 aromatic heterocycles. The summed E-state index contributed by atoms with van der Waals surface area (Å²) >= 11 is 7.75. The number of carbonyl (C=O) groups is 1. The van der Waals surface area contributed by atoms with Crippen molar-refractivity contribution in [3.8, 4) is 0 Å². The molecule has 1 saturated heterocycles. The molecule has 176 valence electrons. The summed E-state index contributed by atoms with van der Waals surface area (Å²) in [6.45, 7) is 6.57. The van der Waals surface area contributed by atoms with Gasteiger partial charge in [-0.25, -0.2) is 8.42 Å². The largest absolute Gasteiger partial charge is 0.380 e. The third-order valence-electron chi connectivity index (χ3n) is 5.69. The number of aromatic nitrogens is 1. The first kappa shape index (κ1) is 24.1. The average molecular weight is 508 g/mol. The van der Waals surface area contributed by atoms with E-state index in [0.29, 0.717) is 48.2 Å². The van der Waals surface area contributed by atoms with Crippen LogP contribution in [0.4, 0.5) is 0 Å². The Balaban J connectivity index is 1.68. The van der Waals surface area contributed by atoms with E-state index in [-0.39, 0.29) is 4.90 Å². The summed E-state index contributed by atoms with van der Waals surface area (Å²) < 4.78 is 35.4. The van der Waals surface area contributed by atoms with Gasteiger partial charge in [-0.05, 0) is 68.7 Å². The molecular formula is C23H26ClN3O4S2. The van der Waals surface area contributed by atoms with Crippen LogP contribution in [0.1, 0.15) is 35.7 Å². The number of fused-ring (bicyclic) bond motifs is 1. The Bertz CT molecular complexity index is 1340. The summed E-state index contributed by atoms with van der Waals surface area (Å²) in [5.41, 5.74) is 2.19. The van der Waals surface area contributed by atoms with Crippen molar-refractivity contribution in [3.63, 3.8) is 0 Å². The Morgan fingerprint density at radius 3 is 2.52 bits per heavy atom. The highest BCUT2D eigenvalue weighted by Crippen LogP contribution is 2.27. The van der Waals surface area contributed by atoms with Crippen LogP contribution < -0.4 is 4.80 Å². The lowest BCUT2D eigenvalue weighted by atomic mass is 10.2. The molecule has 7 nitrogen and oxygen atoms in total. The van der Waals surface area contributed by atoms with Crippen LogP contribution in [0.15, 0.2) is 46.3 Å². The molecule has 4 rings (SSSR count). The molecule has 10 heteroatoms.